The van der Waals surface area contributed by atoms with Gasteiger partial charge < -0.3 is 19.9 Å². The minimum Gasteiger partial charge on any atom is -0.507 e. The molecule has 0 radical (unpaired) electrons. The molecule has 1 aromatic heterocycles. The van der Waals surface area contributed by atoms with Gasteiger partial charge in [0.1, 0.15) is 17.1 Å². The minimum absolute atomic E-state index is 0. The number of benzene rings is 2. The number of aromatic hydroxyl groups is 1. The van der Waals surface area contributed by atoms with Gasteiger partial charge in [-0.2, -0.15) is 0 Å². The van der Waals surface area contributed by atoms with E-state index in [0.29, 0.717) is 39.4 Å². The number of nitrogens with one attached hydrogen (secondary N) is 1. The zero-order chi connectivity index (χ0) is 18.0. The van der Waals surface area contributed by atoms with Gasteiger partial charge in [0.05, 0.1) is 23.1 Å². The summed E-state index contributed by atoms with van der Waals surface area (Å²) in [5, 5.41) is 23.0. The number of hydrogen-bond donors (Lipinski definition) is 3. The van der Waals surface area contributed by atoms with Crippen LogP contribution in [0.3, 0.4) is 0 Å². The molecule has 0 spiro atoms. The van der Waals surface area contributed by atoms with Crippen molar-refractivity contribution >= 4 is 35.0 Å². The van der Waals surface area contributed by atoms with Gasteiger partial charge in [-0.1, -0.05) is 23.7 Å². The first kappa shape index (κ1) is 20.3. The first-order valence-electron chi connectivity index (χ1n) is 7.88. The average molecular weight is 396 g/mol. The summed E-state index contributed by atoms with van der Waals surface area (Å²) in [6.45, 7) is 2.36. The maximum absolute atomic E-state index is 13.0. The lowest BCUT2D eigenvalue weighted by molar-refractivity contribution is 0.291. The second-order valence-electron chi connectivity index (χ2n) is 5.71. The number of halogens is 2. The van der Waals surface area contributed by atoms with Crippen molar-refractivity contribution in [2.45, 2.75) is 13.5 Å². The fourth-order valence-corrected chi connectivity index (χ4v) is 2.95. The molecule has 5 nitrogen and oxygen atoms in total. The molecule has 0 unspecified atom stereocenters. The normalized spacial score (nSPS) is 10.7. The van der Waals surface area contributed by atoms with Crippen LogP contribution in [-0.2, 0) is 6.54 Å². The van der Waals surface area contributed by atoms with E-state index in [2.05, 4.69) is 5.32 Å². The summed E-state index contributed by atoms with van der Waals surface area (Å²) in [5.74, 6) is 0.508. The molecular weight excluding hydrogens is 377 g/mol. The summed E-state index contributed by atoms with van der Waals surface area (Å²) in [4.78, 5) is 13.0. The predicted octanol–water partition coefficient (Wildman–Crippen LogP) is 3.63. The SMILES string of the molecule is Cc1oc2c(CNCCO)c(O)ccc2c(=O)c1-c1ccc(Cl)cc1.Cl. The molecule has 0 aliphatic heterocycles. The minimum atomic E-state index is -0.163. The lowest BCUT2D eigenvalue weighted by Gasteiger charge is -2.12. The van der Waals surface area contributed by atoms with Crippen LogP contribution < -0.4 is 10.7 Å². The Morgan fingerprint density at radius 1 is 1.15 bits per heavy atom. The van der Waals surface area contributed by atoms with Crippen LogP contribution >= 0.6 is 24.0 Å². The maximum atomic E-state index is 13.0. The first-order valence-corrected chi connectivity index (χ1v) is 8.26. The van der Waals surface area contributed by atoms with Crippen molar-refractivity contribution in [3.8, 4) is 16.9 Å². The summed E-state index contributed by atoms with van der Waals surface area (Å²) >= 11 is 5.92. The molecule has 138 valence electrons. The topological polar surface area (TPSA) is 82.7 Å². The maximum Gasteiger partial charge on any atom is 0.200 e. The Labute approximate surface area is 161 Å². The summed E-state index contributed by atoms with van der Waals surface area (Å²) < 4.78 is 5.91. The van der Waals surface area contributed by atoms with E-state index in [1.165, 1.54) is 6.07 Å². The molecule has 3 rings (SSSR count). The standard InChI is InChI=1S/C19H18ClNO4.ClH/c1-11-17(12-2-4-13(20)5-3-12)18(24)14-6-7-16(23)15(19(14)25-11)10-21-8-9-22;/h2-7,21-23H,8-10H2,1H3;1H. The molecule has 3 N–H and O–H groups in total. The Bertz CT molecular complexity index is 968. The molecule has 1 heterocycles. The van der Waals surface area contributed by atoms with E-state index < -0.39 is 0 Å². The third kappa shape index (κ3) is 3.86. The molecule has 0 atom stereocenters. The third-order valence-corrected chi connectivity index (χ3v) is 4.29. The average Bonchev–Trinajstić information content (AvgIpc) is 2.58. The highest BCUT2D eigenvalue weighted by atomic mass is 35.5. The van der Waals surface area contributed by atoms with Crippen LogP contribution in [0.1, 0.15) is 11.3 Å². The number of aryl methyl sites for hydroxylation is 1. The highest BCUT2D eigenvalue weighted by Gasteiger charge is 2.17. The van der Waals surface area contributed by atoms with Crippen LogP contribution in [0.5, 0.6) is 5.75 Å². The van der Waals surface area contributed by atoms with Gasteiger partial charge in [-0.3, -0.25) is 4.79 Å². The molecule has 26 heavy (non-hydrogen) atoms. The molecule has 7 heteroatoms. The van der Waals surface area contributed by atoms with Gasteiger partial charge in [0, 0.05) is 18.1 Å². The molecule has 0 amide bonds. The van der Waals surface area contributed by atoms with Gasteiger partial charge in [0.15, 0.2) is 0 Å². The summed E-state index contributed by atoms with van der Waals surface area (Å²) in [7, 11) is 0. The van der Waals surface area contributed by atoms with Crippen LogP contribution in [0, 0.1) is 6.92 Å². The zero-order valence-electron chi connectivity index (χ0n) is 14.1. The highest BCUT2D eigenvalue weighted by Crippen LogP contribution is 2.30. The molecule has 0 bridgehead atoms. The highest BCUT2D eigenvalue weighted by molar-refractivity contribution is 6.30. The van der Waals surface area contributed by atoms with Gasteiger partial charge in [-0.15, -0.1) is 12.4 Å². The van der Waals surface area contributed by atoms with Gasteiger partial charge in [-0.25, -0.2) is 0 Å². The molecule has 0 saturated carbocycles. The van der Waals surface area contributed by atoms with Gasteiger partial charge in [0.2, 0.25) is 5.43 Å². The molecule has 0 fully saturated rings. The second-order valence-corrected chi connectivity index (χ2v) is 6.15. The number of phenols is 1. The smallest absolute Gasteiger partial charge is 0.200 e. The Balaban J connectivity index is 0.00000243. The van der Waals surface area contributed by atoms with E-state index in [0.717, 1.165) is 5.56 Å². The zero-order valence-corrected chi connectivity index (χ0v) is 15.7. The van der Waals surface area contributed by atoms with Crippen LogP contribution in [0.25, 0.3) is 22.1 Å². The monoisotopic (exact) mass is 395 g/mol. The van der Waals surface area contributed by atoms with Gasteiger partial charge >= 0.3 is 0 Å². The van der Waals surface area contributed by atoms with Gasteiger partial charge in [0.25, 0.3) is 0 Å². The lowest BCUT2D eigenvalue weighted by Crippen LogP contribution is -2.18. The fraction of sp³-hybridized carbons (Fsp3) is 0.211. The summed E-state index contributed by atoms with van der Waals surface area (Å²) in [5.41, 5.74) is 1.89. The molecule has 3 aromatic rings. The van der Waals surface area contributed by atoms with E-state index >= 15 is 0 Å². The molecule has 0 saturated heterocycles. The van der Waals surface area contributed by atoms with E-state index in [1.807, 2.05) is 0 Å². The van der Waals surface area contributed by atoms with Crippen molar-refractivity contribution in [2.75, 3.05) is 13.2 Å². The number of aliphatic hydroxyl groups is 1. The van der Waals surface area contributed by atoms with E-state index in [-0.39, 0.29) is 36.7 Å². The Morgan fingerprint density at radius 3 is 2.50 bits per heavy atom. The number of aliphatic hydroxyl groups excluding tert-OH is 1. The third-order valence-electron chi connectivity index (χ3n) is 4.04. The summed E-state index contributed by atoms with van der Waals surface area (Å²) in [6.07, 6.45) is 0. The van der Waals surface area contributed by atoms with Crippen LogP contribution in [-0.4, -0.2) is 23.4 Å². The predicted molar refractivity (Wildman–Crippen MR) is 105 cm³/mol. The number of rotatable bonds is 5. The van der Waals surface area contributed by atoms with Crippen LogP contribution in [0.2, 0.25) is 5.02 Å². The second kappa shape index (κ2) is 8.56. The quantitative estimate of drug-likeness (QED) is 0.574. The number of hydrogen-bond acceptors (Lipinski definition) is 5. The van der Waals surface area contributed by atoms with Crippen molar-refractivity contribution in [1.29, 1.82) is 0 Å². The van der Waals surface area contributed by atoms with Crippen LogP contribution in [0.15, 0.2) is 45.6 Å². The van der Waals surface area contributed by atoms with Crippen LogP contribution in [0.4, 0.5) is 0 Å². The Morgan fingerprint density at radius 2 is 1.85 bits per heavy atom. The Kier molecular flexibility index (Phi) is 6.67. The lowest BCUT2D eigenvalue weighted by atomic mass is 10.0. The van der Waals surface area contributed by atoms with Crippen molar-refractivity contribution in [3.63, 3.8) is 0 Å². The molecule has 0 aliphatic carbocycles. The van der Waals surface area contributed by atoms with E-state index in [1.54, 1.807) is 37.3 Å². The molecule has 2 aromatic carbocycles. The summed E-state index contributed by atoms with van der Waals surface area (Å²) in [6, 6.07) is 10.0. The van der Waals surface area contributed by atoms with Crippen molar-refractivity contribution in [1.82, 2.24) is 5.32 Å². The van der Waals surface area contributed by atoms with Crippen molar-refractivity contribution < 1.29 is 14.6 Å². The Hall–Kier alpha value is -2.05. The first-order chi connectivity index (χ1) is 12.0. The molecular formula is C19H19Cl2NO4. The fourth-order valence-electron chi connectivity index (χ4n) is 2.83. The van der Waals surface area contributed by atoms with Gasteiger partial charge in [-0.05, 0) is 36.8 Å². The number of phenolic OH excluding ortho intramolecular Hbond substituents is 1. The van der Waals surface area contributed by atoms with Crippen molar-refractivity contribution in [2.24, 2.45) is 0 Å². The molecule has 0 aliphatic rings. The largest absolute Gasteiger partial charge is 0.507 e. The van der Waals surface area contributed by atoms with Crippen molar-refractivity contribution in [3.05, 3.63) is 63.0 Å². The van der Waals surface area contributed by atoms with E-state index in [9.17, 15) is 9.90 Å². The van der Waals surface area contributed by atoms with E-state index in [4.69, 9.17) is 21.1 Å². The number of fused-ring (bicyclic) bond motifs is 1.